The fourth-order valence-electron chi connectivity index (χ4n) is 7.49. The van der Waals surface area contributed by atoms with Crippen molar-refractivity contribution >= 4 is 49.3 Å². The summed E-state index contributed by atoms with van der Waals surface area (Å²) in [6.07, 6.45) is 0. The van der Waals surface area contributed by atoms with Crippen molar-refractivity contribution in [3.8, 4) is 45.8 Å². The molecule has 5 heteroatoms. The maximum Gasteiger partial charge on any atom is 0.189 e. The second-order valence-corrected chi connectivity index (χ2v) is 12.3. The van der Waals surface area contributed by atoms with E-state index < -0.39 is 0 Å². The molecular weight excluding hydrogens is 611 g/mol. The van der Waals surface area contributed by atoms with Crippen molar-refractivity contribution in [2.45, 2.75) is 0 Å². The van der Waals surface area contributed by atoms with Crippen LogP contribution in [0.2, 0.25) is 0 Å². The molecule has 0 spiro atoms. The van der Waals surface area contributed by atoms with E-state index >= 15 is 0 Å². The number of benzene rings is 7. The van der Waals surface area contributed by atoms with Crippen LogP contribution in [0, 0.1) is 29.2 Å². The summed E-state index contributed by atoms with van der Waals surface area (Å²) in [7, 11) is 0. The van der Waals surface area contributed by atoms with E-state index in [1.165, 1.54) is 0 Å². The van der Waals surface area contributed by atoms with Gasteiger partial charge in [-0.15, -0.1) is 0 Å². The Morgan fingerprint density at radius 2 is 1.18 bits per heavy atom. The highest BCUT2D eigenvalue weighted by atomic mass is 15.0. The highest BCUT2D eigenvalue weighted by Crippen LogP contribution is 2.42. The Balaban J connectivity index is 1.30. The van der Waals surface area contributed by atoms with Crippen molar-refractivity contribution in [2.24, 2.45) is 0 Å². The predicted molar refractivity (Wildman–Crippen MR) is 202 cm³/mol. The fourth-order valence-corrected chi connectivity index (χ4v) is 7.49. The van der Waals surface area contributed by atoms with Crippen LogP contribution in [0.5, 0.6) is 0 Å². The molecule has 9 aromatic rings. The van der Waals surface area contributed by atoms with E-state index in [0.29, 0.717) is 16.8 Å². The number of para-hydroxylation sites is 3. The molecule has 7 aromatic carbocycles. The summed E-state index contributed by atoms with van der Waals surface area (Å²) >= 11 is 0. The average molecular weight is 636 g/mol. The average Bonchev–Trinajstić information content (AvgIpc) is 3.69. The third-order valence-corrected chi connectivity index (χ3v) is 9.60. The van der Waals surface area contributed by atoms with Gasteiger partial charge in [-0.25, -0.2) is 4.85 Å². The van der Waals surface area contributed by atoms with Crippen molar-refractivity contribution in [1.82, 2.24) is 9.13 Å². The summed E-state index contributed by atoms with van der Waals surface area (Å²) in [5.74, 6) is 0. The lowest BCUT2D eigenvalue weighted by atomic mass is 9.90. The third kappa shape index (κ3) is 4.31. The summed E-state index contributed by atoms with van der Waals surface area (Å²) in [6, 6.07) is 55.6. The van der Waals surface area contributed by atoms with Crippen LogP contribution in [0.25, 0.3) is 82.1 Å². The molecule has 0 saturated heterocycles. The van der Waals surface area contributed by atoms with Gasteiger partial charge in [-0.2, -0.15) is 10.5 Å². The van der Waals surface area contributed by atoms with Crippen LogP contribution in [-0.2, 0) is 0 Å². The number of hydrogen-bond acceptors (Lipinski definition) is 2. The molecular formula is C45H25N5. The Bertz CT molecular complexity index is 2970. The van der Waals surface area contributed by atoms with Gasteiger partial charge in [0.1, 0.15) is 0 Å². The minimum absolute atomic E-state index is 0.577. The van der Waals surface area contributed by atoms with Crippen LogP contribution in [0.1, 0.15) is 11.1 Å². The van der Waals surface area contributed by atoms with E-state index in [9.17, 15) is 10.5 Å². The molecule has 0 saturated carbocycles. The van der Waals surface area contributed by atoms with Gasteiger partial charge in [0.15, 0.2) is 5.69 Å². The van der Waals surface area contributed by atoms with Gasteiger partial charge >= 0.3 is 0 Å². The van der Waals surface area contributed by atoms with Gasteiger partial charge in [-0.1, -0.05) is 91.0 Å². The van der Waals surface area contributed by atoms with Gasteiger partial charge in [-0.05, 0) is 71.8 Å². The molecule has 0 amide bonds. The molecule has 0 aliphatic rings. The van der Waals surface area contributed by atoms with Crippen molar-refractivity contribution in [1.29, 1.82) is 10.5 Å². The van der Waals surface area contributed by atoms with Crippen LogP contribution in [0.3, 0.4) is 0 Å². The molecule has 230 valence electrons. The SMILES string of the molecule is [C-]#[N+]c1ccc2c3ccccc3n(-c3ccccc3-c3cccc(C#N)c3-c3cccc(-n4c5ccccc5c5cc(C#N)ccc54)c3)c2c1. The number of hydrogen-bond donors (Lipinski definition) is 0. The van der Waals surface area contributed by atoms with E-state index in [4.69, 9.17) is 6.57 Å². The first-order valence-electron chi connectivity index (χ1n) is 16.3. The number of fused-ring (bicyclic) bond motifs is 6. The van der Waals surface area contributed by atoms with Crippen LogP contribution < -0.4 is 0 Å². The summed E-state index contributed by atoms with van der Waals surface area (Å²) in [5.41, 5.74) is 11.4. The molecule has 9 rings (SSSR count). The lowest BCUT2D eigenvalue weighted by Gasteiger charge is -2.18. The zero-order valence-corrected chi connectivity index (χ0v) is 26.7. The molecule has 0 bridgehead atoms. The van der Waals surface area contributed by atoms with Crippen molar-refractivity contribution in [2.75, 3.05) is 0 Å². The van der Waals surface area contributed by atoms with Crippen LogP contribution >= 0.6 is 0 Å². The molecule has 0 radical (unpaired) electrons. The van der Waals surface area contributed by atoms with Crippen LogP contribution in [0.15, 0.2) is 152 Å². The summed E-state index contributed by atoms with van der Waals surface area (Å²) in [5, 5.41) is 24.4. The molecule has 2 aromatic heterocycles. The first-order chi connectivity index (χ1) is 24.7. The third-order valence-electron chi connectivity index (χ3n) is 9.60. The second-order valence-electron chi connectivity index (χ2n) is 12.3. The number of nitriles is 2. The highest BCUT2D eigenvalue weighted by molar-refractivity contribution is 6.11. The largest absolute Gasteiger partial charge is 0.310 e. The predicted octanol–water partition coefficient (Wildman–Crippen LogP) is 11.5. The minimum Gasteiger partial charge on any atom is -0.310 e. The molecule has 2 heterocycles. The van der Waals surface area contributed by atoms with E-state index in [0.717, 1.165) is 77.2 Å². The van der Waals surface area contributed by atoms with Crippen molar-refractivity contribution < 1.29 is 0 Å². The number of nitrogens with zero attached hydrogens (tertiary/aromatic N) is 5. The smallest absolute Gasteiger partial charge is 0.189 e. The standard InChI is InChI=1S/C45H25N5/c1-48-32-21-22-37-34-13-2-6-18-41(34)50(44(37)26-32)42-19-7-3-14-35(42)38-16-9-11-31(28-47)45(38)30-10-8-12-33(25-30)49-40-17-5-4-15-36(40)39-24-29(27-46)20-23-43(39)49/h2-26H. The Kier molecular flexibility index (Phi) is 6.56. The van der Waals surface area contributed by atoms with Gasteiger partial charge in [0.25, 0.3) is 0 Å². The van der Waals surface area contributed by atoms with E-state index in [1.807, 2.05) is 91.0 Å². The van der Waals surface area contributed by atoms with Gasteiger partial charge in [0, 0.05) is 43.9 Å². The van der Waals surface area contributed by atoms with Gasteiger partial charge in [0.05, 0.1) is 52.1 Å². The second kappa shape index (κ2) is 11.4. The lowest BCUT2D eigenvalue weighted by molar-refractivity contribution is 1.18. The molecule has 0 aliphatic heterocycles. The van der Waals surface area contributed by atoms with Gasteiger partial charge in [-0.3, -0.25) is 0 Å². The Morgan fingerprint density at radius 3 is 1.98 bits per heavy atom. The quantitative estimate of drug-likeness (QED) is 0.181. The highest BCUT2D eigenvalue weighted by Gasteiger charge is 2.20. The molecule has 0 N–H and O–H groups in total. The van der Waals surface area contributed by atoms with Gasteiger partial charge < -0.3 is 9.13 Å². The maximum atomic E-state index is 10.5. The molecule has 0 aliphatic carbocycles. The number of rotatable bonds is 4. The number of aromatic nitrogens is 2. The normalized spacial score (nSPS) is 11.1. The van der Waals surface area contributed by atoms with Gasteiger partial charge in [0.2, 0.25) is 0 Å². The lowest BCUT2D eigenvalue weighted by Crippen LogP contribution is -1.99. The molecule has 0 fully saturated rings. The Hall–Kier alpha value is -7.39. The first kappa shape index (κ1) is 28.8. The Labute approximate surface area is 288 Å². The van der Waals surface area contributed by atoms with Crippen LogP contribution in [-0.4, -0.2) is 9.13 Å². The zero-order chi connectivity index (χ0) is 33.8. The molecule has 5 nitrogen and oxygen atoms in total. The Morgan fingerprint density at radius 1 is 0.500 bits per heavy atom. The van der Waals surface area contributed by atoms with E-state index in [-0.39, 0.29) is 0 Å². The van der Waals surface area contributed by atoms with Crippen molar-refractivity contribution in [3.63, 3.8) is 0 Å². The maximum absolute atomic E-state index is 10.5. The summed E-state index contributed by atoms with van der Waals surface area (Å²) in [6.45, 7) is 7.72. The monoisotopic (exact) mass is 635 g/mol. The van der Waals surface area contributed by atoms with Crippen molar-refractivity contribution in [3.05, 3.63) is 174 Å². The minimum atomic E-state index is 0.577. The molecule has 0 unspecified atom stereocenters. The van der Waals surface area contributed by atoms with Crippen LogP contribution in [0.4, 0.5) is 5.69 Å². The molecule has 0 atom stereocenters. The van der Waals surface area contributed by atoms with E-state index in [1.54, 1.807) is 0 Å². The molecule has 50 heavy (non-hydrogen) atoms. The summed E-state index contributed by atoms with van der Waals surface area (Å²) in [4.78, 5) is 3.74. The fraction of sp³-hybridized carbons (Fsp3) is 0. The summed E-state index contributed by atoms with van der Waals surface area (Å²) < 4.78 is 4.46. The first-order valence-corrected chi connectivity index (χ1v) is 16.3. The van der Waals surface area contributed by atoms with E-state index in [2.05, 4.69) is 86.8 Å². The topological polar surface area (TPSA) is 61.8 Å². The zero-order valence-electron chi connectivity index (χ0n) is 26.7.